The highest BCUT2D eigenvalue weighted by molar-refractivity contribution is 5.95. The molecule has 0 fully saturated rings. The van der Waals surface area contributed by atoms with Gasteiger partial charge in [-0.3, -0.25) is 9.48 Å². The van der Waals surface area contributed by atoms with Crippen LogP contribution in [0.4, 0.5) is 39.5 Å². The fraction of sp³-hybridized carbons (Fsp3) is 0.500. The van der Waals surface area contributed by atoms with Crippen molar-refractivity contribution in [3.63, 3.8) is 0 Å². The van der Waals surface area contributed by atoms with Gasteiger partial charge in [0, 0.05) is 18.7 Å². The van der Waals surface area contributed by atoms with Crippen LogP contribution in [0.1, 0.15) is 52.3 Å². The predicted octanol–water partition coefficient (Wildman–Crippen LogP) is 4.95. The van der Waals surface area contributed by atoms with Gasteiger partial charge in [-0.15, -0.1) is 0 Å². The standard InChI is InChI=1S/C20H21F9N4O/c1-10-6-11(4-5-12(10)16(34)31-9-18(21,22)23)13(30)8-17(2,20(27,28)29)15-7-14(19(24,25)26)32-33(15)3/h4-7,13H,8-9,30H2,1-3H3,(H,31,34). The minimum absolute atomic E-state index is 0.110. The number of benzene rings is 1. The van der Waals surface area contributed by atoms with Gasteiger partial charge in [-0.25, -0.2) is 0 Å². The van der Waals surface area contributed by atoms with Gasteiger partial charge in [-0.1, -0.05) is 12.1 Å². The van der Waals surface area contributed by atoms with E-state index in [0.29, 0.717) is 17.7 Å². The van der Waals surface area contributed by atoms with Gasteiger partial charge in [0.05, 0.1) is 5.69 Å². The van der Waals surface area contributed by atoms with Crippen molar-refractivity contribution < 1.29 is 44.3 Å². The molecule has 1 heterocycles. The molecule has 2 aromatic rings. The van der Waals surface area contributed by atoms with Crippen LogP contribution in [0.3, 0.4) is 0 Å². The number of hydrogen-bond donors (Lipinski definition) is 2. The Kier molecular flexibility index (Phi) is 7.37. The first-order chi connectivity index (χ1) is 15.3. The summed E-state index contributed by atoms with van der Waals surface area (Å²) >= 11 is 0. The van der Waals surface area contributed by atoms with E-state index in [4.69, 9.17) is 5.73 Å². The largest absolute Gasteiger partial charge is 0.435 e. The molecule has 1 amide bonds. The summed E-state index contributed by atoms with van der Waals surface area (Å²) in [5.74, 6) is -1.04. The molecular formula is C20H21F9N4O. The lowest BCUT2D eigenvalue weighted by Gasteiger charge is -2.34. The van der Waals surface area contributed by atoms with Gasteiger partial charge in [0.1, 0.15) is 12.0 Å². The van der Waals surface area contributed by atoms with E-state index in [1.54, 1.807) is 5.32 Å². The molecule has 2 rings (SSSR count). The Bertz CT molecular complexity index is 1040. The van der Waals surface area contributed by atoms with E-state index in [0.717, 1.165) is 13.1 Å². The van der Waals surface area contributed by atoms with Crippen molar-refractivity contribution in [2.45, 2.75) is 50.3 Å². The second-order valence-electron chi connectivity index (χ2n) is 8.05. The first-order valence-electron chi connectivity index (χ1n) is 9.66. The zero-order chi connectivity index (χ0) is 26.3. The Labute approximate surface area is 188 Å². The molecule has 2 atom stereocenters. The number of nitrogens with one attached hydrogen (secondary N) is 1. The summed E-state index contributed by atoms with van der Waals surface area (Å²) in [5.41, 5.74) is 1.03. The third-order valence-corrected chi connectivity index (χ3v) is 5.36. The molecule has 14 heteroatoms. The van der Waals surface area contributed by atoms with Crippen LogP contribution in [0.25, 0.3) is 0 Å². The molecule has 0 spiro atoms. The number of carbonyl (C=O) groups is 1. The quantitative estimate of drug-likeness (QED) is 0.547. The van der Waals surface area contributed by atoms with Crippen LogP contribution in [0.5, 0.6) is 0 Å². The maximum absolute atomic E-state index is 14.1. The summed E-state index contributed by atoms with van der Waals surface area (Å²) in [7, 11) is 0.957. The number of rotatable bonds is 6. The molecule has 190 valence electrons. The second kappa shape index (κ2) is 9.12. The van der Waals surface area contributed by atoms with Crippen LogP contribution in [-0.2, 0) is 18.6 Å². The minimum atomic E-state index is -5.01. The van der Waals surface area contributed by atoms with Crippen molar-refractivity contribution in [1.82, 2.24) is 15.1 Å². The van der Waals surface area contributed by atoms with Crippen molar-refractivity contribution in [1.29, 1.82) is 0 Å². The van der Waals surface area contributed by atoms with Gasteiger partial charge < -0.3 is 11.1 Å². The molecule has 0 aliphatic rings. The molecule has 3 N–H and O–H groups in total. The van der Waals surface area contributed by atoms with Gasteiger partial charge in [0.25, 0.3) is 5.91 Å². The van der Waals surface area contributed by atoms with Crippen LogP contribution < -0.4 is 11.1 Å². The SMILES string of the molecule is Cc1cc(C(N)CC(C)(c2cc(C(F)(F)F)nn2C)C(F)(F)F)ccc1C(=O)NCC(F)(F)F. The molecule has 0 saturated heterocycles. The fourth-order valence-corrected chi connectivity index (χ4v) is 3.49. The molecule has 1 aromatic carbocycles. The molecule has 0 bridgehead atoms. The smallest absolute Gasteiger partial charge is 0.343 e. The number of alkyl halides is 9. The predicted molar refractivity (Wildman–Crippen MR) is 103 cm³/mol. The number of nitrogens with zero attached hydrogens (tertiary/aromatic N) is 2. The Hall–Kier alpha value is -2.77. The average Bonchev–Trinajstić information content (AvgIpc) is 3.07. The van der Waals surface area contributed by atoms with E-state index in [1.807, 2.05) is 0 Å². The van der Waals surface area contributed by atoms with Crippen LogP contribution >= 0.6 is 0 Å². The Morgan fingerprint density at radius 2 is 1.68 bits per heavy atom. The Balaban J connectivity index is 2.36. The highest BCUT2D eigenvalue weighted by atomic mass is 19.4. The van der Waals surface area contributed by atoms with E-state index in [-0.39, 0.29) is 16.7 Å². The monoisotopic (exact) mass is 504 g/mol. The van der Waals surface area contributed by atoms with Crippen LogP contribution in [-0.4, -0.2) is 34.6 Å². The number of aromatic nitrogens is 2. The Morgan fingerprint density at radius 1 is 1.09 bits per heavy atom. The van der Waals surface area contributed by atoms with Crippen molar-refractivity contribution in [2.75, 3.05) is 6.54 Å². The normalized spacial score (nSPS) is 15.7. The van der Waals surface area contributed by atoms with Crippen LogP contribution in [0.15, 0.2) is 24.3 Å². The lowest BCUT2D eigenvalue weighted by Crippen LogP contribution is -2.43. The second-order valence-corrected chi connectivity index (χ2v) is 8.05. The summed E-state index contributed by atoms with van der Waals surface area (Å²) in [5, 5.41) is 4.83. The van der Waals surface area contributed by atoms with E-state index in [1.165, 1.54) is 19.1 Å². The number of aryl methyl sites for hydroxylation is 2. The average molecular weight is 504 g/mol. The van der Waals surface area contributed by atoms with Crippen molar-refractivity contribution in [3.05, 3.63) is 52.3 Å². The highest BCUT2D eigenvalue weighted by Gasteiger charge is 2.55. The topological polar surface area (TPSA) is 72.9 Å². The number of carbonyl (C=O) groups excluding carboxylic acids is 1. The van der Waals surface area contributed by atoms with Gasteiger partial charge in [-0.05, 0) is 43.5 Å². The Morgan fingerprint density at radius 3 is 2.12 bits per heavy atom. The number of amides is 1. The van der Waals surface area contributed by atoms with Crippen molar-refractivity contribution in [3.8, 4) is 0 Å². The van der Waals surface area contributed by atoms with E-state index in [2.05, 4.69) is 5.10 Å². The zero-order valence-corrected chi connectivity index (χ0v) is 18.1. The third-order valence-electron chi connectivity index (χ3n) is 5.36. The molecule has 34 heavy (non-hydrogen) atoms. The molecule has 0 radical (unpaired) electrons. The van der Waals surface area contributed by atoms with E-state index in [9.17, 15) is 44.3 Å². The maximum atomic E-state index is 14.1. The van der Waals surface area contributed by atoms with Gasteiger partial charge in [0.2, 0.25) is 0 Å². The molecule has 1 aromatic heterocycles. The first kappa shape index (κ1) is 27.5. The summed E-state index contributed by atoms with van der Waals surface area (Å²) < 4.78 is 119. The van der Waals surface area contributed by atoms with Crippen molar-refractivity contribution in [2.24, 2.45) is 12.8 Å². The first-order valence-corrected chi connectivity index (χ1v) is 9.66. The summed E-state index contributed by atoms with van der Waals surface area (Å²) in [4.78, 5) is 12.0. The van der Waals surface area contributed by atoms with Crippen LogP contribution in [0.2, 0.25) is 0 Å². The highest BCUT2D eigenvalue weighted by Crippen LogP contribution is 2.47. The molecule has 0 saturated carbocycles. The minimum Gasteiger partial charge on any atom is -0.343 e. The van der Waals surface area contributed by atoms with Gasteiger partial charge in [0.15, 0.2) is 5.69 Å². The molecule has 0 aliphatic carbocycles. The lowest BCUT2D eigenvalue weighted by atomic mass is 9.78. The molecule has 0 aliphatic heterocycles. The number of hydrogen-bond acceptors (Lipinski definition) is 3. The molecular weight excluding hydrogens is 483 g/mol. The fourth-order valence-electron chi connectivity index (χ4n) is 3.49. The van der Waals surface area contributed by atoms with E-state index >= 15 is 0 Å². The summed E-state index contributed by atoms with van der Waals surface area (Å²) in [6, 6.07) is 2.52. The van der Waals surface area contributed by atoms with E-state index < -0.39 is 60.2 Å². The maximum Gasteiger partial charge on any atom is 0.435 e. The van der Waals surface area contributed by atoms with Crippen LogP contribution in [0, 0.1) is 6.92 Å². The zero-order valence-electron chi connectivity index (χ0n) is 18.1. The summed E-state index contributed by atoms with van der Waals surface area (Å²) in [6.07, 6.45) is -15.5. The number of nitrogens with two attached hydrogens (primary N) is 1. The molecule has 2 unspecified atom stereocenters. The van der Waals surface area contributed by atoms with Gasteiger partial charge in [-0.2, -0.15) is 44.6 Å². The summed E-state index contributed by atoms with van der Waals surface area (Å²) in [6.45, 7) is 0.495. The third kappa shape index (κ3) is 6.02. The van der Waals surface area contributed by atoms with Gasteiger partial charge >= 0.3 is 18.5 Å². The number of halogens is 9. The van der Waals surface area contributed by atoms with Crippen molar-refractivity contribution >= 4 is 5.91 Å². The lowest BCUT2D eigenvalue weighted by molar-refractivity contribution is -0.191. The molecule has 5 nitrogen and oxygen atoms in total.